The number of hydrogen-bond donors (Lipinski definition) is 1. The van der Waals surface area contributed by atoms with Crippen LogP contribution in [-0.4, -0.2) is 18.1 Å². The molecular formula is C2H7ClN2. The molecule has 1 aliphatic rings. The molecule has 3 heteroatoms. The zero-order valence-electron chi connectivity index (χ0n) is 2.85. The van der Waals surface area contributed by atoms with E-state index < -0.39 is 0 Å². The Morgan fingerprint density at radius 1 is 1.40 bits per heavy atom. The van der Waals surface area contributed by atoms with Crippen molar-refractivity contribution >= 4 is 12.4 Å². The number of nitrogens with zero attached hydrogens (tertiary/aromatic N) is 1. The van der Waals surface area contributed by atoms with E-state index >= 15 is 0 Å². The topological polar surface area (TPSA) is 29.0 Å². The van der Waals surface area contributed by atoms with Gasteiger partial charge in [-0.05, 0) is 0 Å². The van der Waals surface area contributed by atoms with Crippen LogP contribution in [0, 0.1) is 0 Å². The average molecular weight is 94.5 g/mol. The van der Waals surface area contributed by atoms with E-state index in [-0.39, 0.29) is 12.4 Å². The molecule has 5 heavy (non-hydrogen) atoms. The molecular weight excluding hydrogens is 87.5 g/mol. The summed E-state index contributed by atoms with van der Waals surface area (Å²) in [4.78, 5) is 0. The molecule has 0 amide bonds. The number of nitrogens with two attached hydrogens (primary N) is 1. The summed E-state index contributed by atoms with van der Waals surface area (Å²) in [5, 5.41) is 1.75. The Hall–Kier alpha value is 0.210. The lowest BCUT2D eigenvalue weighted by Gasteiger charge is -1.69. The number of hydrogen-bond acceptors (Lipinski definition) is 2. The molecule has 32 valence electrons. The maximum absolute atomic E-state index is 5.06. The highest BCUT2D eigenvalue weighted by molar-refractivity contribution is 5.85. The van der Waals surface area contributed by atoms with Gasteiger partial charge in [0.05, 0.1) is 0 Å². The van der Waals surface area contributed by atoms with E-state index in [0.29, 0.717) is 0 Å². The first-order chi connectivity index (χ1) is 1.89. The predicted octanol–water partition coefficient (Wildman–Crippen LogP) is -0.403. The highest BCUT2D eigenvalue weighted by atomic mass is 35.5. The highest BCUT2D eigenvalue weighted by Gasteiger charge is 2.08. The lowest BCUT2D eigenvalue weighted by Crippen LogP contribution is -2.02. The Bertz CT molecular complexity index is 26.8. The first kappa shape index (κ1) is 5.21. The maximum atomic E-state index is 5.06. The fourth-order valence-electron chi connectivity index (χ4n) is 0.0577. The molecule has 0 aromatic rings. The van der Waals surface area contributed by atoms with E-state index in [1.165, 1.54) is 0 Å². The summed E-state index contributed by atoms with van der Waals surface area (Å²) >= 11 is 0. The highest BCUT2D eigenvalue weighted by Crippen LogP contribution is 1.88. The normalized spacial score (nSPS) is 21.0. The summed E-state index contributed by atoms with van der Waals surface area (Å²) < 4.78 is 0. The SMILES string of the molecule is Cl.NN1CC1. The molecule has 0 aromatic carbocycles. The van der Waals surface area contributed by atoms with Crippen molar-refractivity contribution < 1.29 is 0 Å². The summed E-state index contributed by atoms with van der Waals surface area (Å²) in [5.41, 5.74) is 0. The molecule has 1 heterocycles. The fourth-order valence-corrected chi connectivity index (χ4v) is 0.0577. The molecule has 0 bridgehead atoms. The Kier molecular flexibility index (Phi) is 1.67. The average Bonchev–Trinajstić information content (AvgIpc) is 1.75. The largest absolute Gasteiger partial charge is 0.269 e. The number of rotatable bonds is 0. The van der Waals surface area contributed by atoms with Crippen LogP contribution < -0.4 is 5.84 Å². The van der Waals surface area contributed by atoms with E-state index in [9.17, 15) is 0 Å². The van der Waals surface area contributed by atoms with Gasteiger partial charge in [-0.1, -0.05) is 0 Å². The lowest BCUT2D eigenvalue weighted by molar-refractivity contribution is 0.602. The summed E-state index contributed by atoms with van der Waals surface area (Å²) in [5.74, 6) is 5.06. The van der Waals surface area contributed by atoms with E-state index in [4.69, 9.17) is 5.84 Å². The van der Waals surface area contributed by atoms with Gasteiger partial charge >= 0.3 is 0 Å². The molecule has 0 unspecified atom stereocenters. The molecule has 0 saturated carbocycles. The van der Waals surface area contributed by atoms with E-state index in [1.807, 2.05) is 0 Å². The van der Waals surface area contributed by atoms with Gasteiger partial charge in [0.2, 0.25) is 0 Å². The van der Waals surface area contributed by atoms with Gasteiger partial charge < -0.3 is 0 Å². The second-order valence-electron chi connectivity index (χ2n) is 1.04. The van der Waals surface area contributed by atoms with Crippen molar-refractivity contribution in [2.45, 2.75) is 0 Å². The van der Waals surface area contributed by atoms with E-state index in [0.717, 1.165) is 13.1 Å². The van der Waals surface area contributed by atoms with Crippen LogP contribution >= 0.6 is 12.4 Å². The molecule has 0 atom stereocenters. The van der Waals surface area contributed by atoms with Gasteiger partial charge in [0.15, 0.2) is 0 Å². The van der Waals surface area contributed by atoms with Crippen LogP contribution in [0.1, 0.15) is 0 Å². The van der Waals surface area contributed by atoms with Crippen molar-refractivity contribution in [2.75, 3.05) is 13.1 Å². The van der Waals surface area contributed by atoms with Gasteiger partial charge in [0.25, 0.3) is 0 Å². The smallest absolute Gasteiger partial charge is 0.0271 e. The van der Waals surface area contributed by atoms with Crippen molar-refractivity contribution in [2.24, 2.45) is 5.84 Å². The second-order valence-corrected chi connectivity index (χ2v) is 1.04. The van der Waals surface area contributed by atoms with Gasteiger partial charge in [0.1, 0.15) is 0 Å². The minimum absolute atomic E-state index is 0. The first-order valence-electron chi connectivity index (χ1n) is 1.39. The Labute approximate surface area is 37.3 Å². The zero-order valence-corrected chi connectivity index (χ0v) is 3.66. The van der Waals surface area contributed by atoms with Crippen molar-refractivity contribution in [3.8, 4) is 0 Å². The van der Waals surface area contributed by atoms with Crippen LogP contribution in [0.4, 0.5) is 0 Å². The Morgan fingerprint density at radius 2 is 1.60 bits per heavy atom. The Balaban J connectivity index is 0.000000160. The second kappa shape index (κ2) is 1.60. The minimum atomic E-state index is 0. The molecule has 1 fully saturated rings. The van der Waals surface area contributed by atoms with E-state index in [1.54, 1.807) is 5.01 Å². The van der Waals surface area contributed by atoms with Crippen LogP contribution in [-0.2, 0) is 0 Å². The Morgan fingerprint density at radius 3 is 1.60 bits per heavy atom. The molecule has 0 spiro atoms. The van der Waals surface area contributed by atoms with Crippen molar-refractivity contribution in [1.29, 1.82) is 0 Å². The summed E-state index contributed by atoms with van der Waals surface area (Å²) in [6.45, 7) is 2.19. The van der Waals surface area contributed by atoms with Crippen molar-refractivity contribution in [3.63, 3.8) is 0 Å². The monoisotopic (exact) mass is 94.0 g/mol. The standard InChI is InChI=1S/C2H6N2.ClH/c3-4-1-2-4;/h1-3H2;1H. The molecule has 0 radical (unpaired) electrons. The molecule has 0 aromatic heterocycles. The summed E-state index contributed by atoms with van der Waals surface area (Å²) in [7, 11) is 0. The van der Waals surface area contributed by atoms with E-state index in [2.05, 4.69) is 0 Å². The maximum Gasteiger partial charge on any atom is 0.0271 e. The number of hydrazine groups is 1. The molecule has 1 aliphatic heterocycles. The minimum Gasteiger partial charge on any atom is -0.269 e. The number of halogens is 1. The van der Waals surface area contributed by atoms with Gasteiger partial charge in [-0.25, -0.2) is 5.01 Å². The quantitative estimate of drug-likeness (QED) is 0.327. The summed E-state index contributed by atoms with van der Waals surface area (Å²) in [6, 6.07) is 0. The van der Waals surface area contributed by atoms with Crippen LogP contribution in [0.25, 0.3) is 0 Å². The van der Waals surface area contributed by atoms with Crippen LogP contribution in [0.2, 0.25) is 0 Å². The molecule has 2 N–H and O–H groups in total. The molecule has 2 nitrogen and oxygen atoms in total. The van der Waals surface area contributed by atoms with Crippen LogP contribution in [0.5, 0.6) is 0 Å². The first-order valence-corrected chi connectivity index (χ1v) is 1.39. The lowest BCUT2D eigenvalue weighted by atomic mass is 11.0. The zero-order chi connectivity index (χ0) is 2.99. The molecule has 0 aliphatic carbocycles. The summed E-state index contributed by atoms with van der Waals surface area (Å²) in [6.07, 6.45) is 0. The van der Waals surface area contributed by atoms with Gasteiger partial charge in [-0.2, -0.15) is 0 Å². The molecule has 1 saturated heterocycles. The molecule has 1 rings (SSSR count). The third-order valence-electron chi connectivity index (χ3n) is 0.482. The van der Waals surface area contributed by atoms with Gasteiger partial charge in [0, 0.05) is 13.1 Å². The predicted molar refractivity (Wildman–Crippen MR) is 23.0 cm³/mol. The van der Waals surface area contributed by atoms with Gasteiger partial charge in [-0.15, -0.1) is 12.4 Å². The van der Waals surface area contributed by atoms with Crippen LogP contribution in [0.3, 0.4) is 0 Å². The van der Waals surface area contributed by atoms with Crippen LogP contribution in [0.15, 0.2) is 0 Å². The third kappa shape index (κ3) is 2.00. The van der Waals surface area contributed by atoms with Gasteiger partial charge in [-0.3, -0.25) is 5.84 Å². The fraction of sp³-hybridized carbons (Fsp3) is 1.00. The third-order valence-corrected chi connectivity index (χ3v) is 0.482. The van der Waals surface area contributed by atoms with Crippen molar-refractivity contribution in [3.05, 3.63) is 0 Å². The van der Waals surface area contributed by atoms with Crippen molar-refractivity contribution in [1.82, 2.24) is 5.01 Å².